The van der Waals surface area contributed by atoms with Gasteiger partial charge in [-0.05, 0) is 66.1 Å². The van der Waals surface area contributed by atoms with Crippen LogP contribution in [-0.4, -0.2) is 18.8 Å². The van der Waals surface area contributed by atoms with Crippen LogP contribution in [0, 0.1) is 0 Å². The van der Waals surface area contributed by atoms with E-state index in [4.69, 9.17) is 9.57 Å². The Bertz CT molecular complexity index is 829. The molecular weight excluding hydrogens is 326 g/mol. The highest BCUT2D eigenvalue weighted by atomic mass is 16.7. The highest BCUT2D eigenvalue weighted by molar-refractivity contribution is 6.03. The lowest BCUT2D eigenvalue weighted by Gasteiger charge is -2.19. The molecule has 0 radical (unpaired) electrons. The van der Waals surface area contributed by atoms with Gasteiger partial charge >= 0.3 is 5.97 Å². The Morgan fingerprint density at radius 3 is 2.42 bits per heavy atom. The second kappa shape index (κ2) is 7.32. The van der Waals surface area contributed by atoms with E-state index in [1.807, 2.05) is 30.3 Å². The fraction of sp³-hybridized carbons (Fsp3) is 0.364. The number of fused-ring (bicyclic) bond motifs is 1. The van der Waals surface area contributed by atoms with E-state index in [-0.39, 0.29) is 5.41 Å². The van der Waals surface area contributed by atoms with Crippen molar-refractivity contribution in [2.75, 3.05) is 7.11 Å². The highest BCUT2D eigenvalue weighted by Crippen LogP contribution is 2.26. The van der Waals surface area contributed by atoms with E-state index in [2.05, 4.69) is 25.9 Å². The van der Waals surface area contributed by atoms with Crippen LogP contribution in [0.25, 0.3) is 0 Å². The smallest absolute Gasteiger partial charge is 0.365 e. The van der Waals surface area contributed by atoms with Gasteiger partial charge in [-0.3, -0.25) is 0 Å². The summed E-state index contributed by atoms with van der Waals surface area (Å²) in [5, 5.41) is 4.15. The van der Waals surface area contributed by atoms with Crippen LogP contribution in [0.4, 0.5) is 0 Å². The van der Waals surface area contributed by atoms with Crippen LogP contribution in [0.5, 0.6) is 5.75 Å². The Hall–Kier alpha value is -2.62. The first-order valence-corrected chi connectivity index (χ1v) is 8.94. The van der Waals surface area contributed by atoms with Crippen molar-refractivity contribution < 1.29 is 14.4 Å². The Balaban J connectivity index is 1.75. The molecule has 1 aliphatic carbocycles. The molecule has 2 aromatic rings. The number of rotatable bonds is 3. The van der Waals surface area contributed by atoms with E-state index in [1.165, 1.54) is 11.1 Å². The van der Waals surface area contributed by atoms with Crippen LogP contribution in [0.2, 0.25) is 0 Å². The molecule has 4 nitrogen and oxygen atoms in total. The van der Waals surface area contributed by atoms with Crippen molar-refractivity contribution in [2.45, 2.75) is 45.4 Å². The maximum atomic E-state index is 12.3. The van der Waals surface area contributed by atoms with Gasteiger partial charge in [0.25, 0.3) is 0 Å². The molecular formula is C22H25NO3. The zero-order valence-corrected chi connectivity index (χ0v) is 15.8. The molecule has 0 aromatic heterocycles. The third kappa shape index (κ3) is 3.96. The van der Waals surface area contributed by atoms with E-state index in [0.717, 1.165) is 36.3 Å². The lowest BCUT2D eigenvalue weighted by Crippen LogP contribution is -2.14. The highest BCUT2D eigenvalue weighted by Gasteiger charge is 2.18. The number of carbonyl (C=O) groups excluding carboxylic acids is 1. The molecule has 2 aromatic carbocycles. The number of carbonyl (C=O) groups is 1. The van der Waals surface area contributed by atoms with Crippen molar-refractivity contribution in [3.8, 4) is 5.75 Å². The predicted molar refractivity (Wildman–Crippen MR) is 103 cm³/mol. The number of ether oxygens (including phenoxy) is 1. The average molecular weight is 351 g/mol. The van der Waals surface area contributed by atoms with Gasteiger partial charge in [0, 0.05) is 5.56 Å². The first-order valence-electron chi connectivity index (χ1n) is 8.94. The van der Waals surface area contributed by atoms with Crippen LogP contribution < -0.4 is 4.74 Å². The lowest BCUT2D eigenvalue weighted by atomic mass is 9.87. The summed E-state index contributed by atoms with van der Waals surface area (Å²) in [6, 6.07) is 13.4. The van der Waals surface area contributed by atoms with E-state index >= 15 is 0 Å². The second-order valence-electron chi connectivity index (χ2n) is 7.62. The maximum absolute atomic E-state index is 12.3. The average Bonchev–Trinajstić information content (AvgIpc) is 2.64. The summed E-state index contributed by atoms with van der Waals surface area (Å²) in [5.41, 5.74) is 4.76. The van der Waals surface area contributed by atoms with Crippen LogP contribution in [-0.2, 0) is 16.7 Å². The molecule has 0 unspecified atom stereocenters. The van der Waals surface area contributed by atoms with Crippen molar-refractivity contribution in [1.29, 1.82) is 0 Å². The summed E-state index contributed by atoms with van der Waals surface area (Å²) in [5.74, 6) is 0.402. The molecule has 0 N–H and O–H groups in total. The summed E-state index contributed by atoms with van der Waals surface area (Å²) in [6.07, 6.45) is 2.76. The largest absolute Gasteiger partial charge is 0.497 e. The zero-order valence-electron chi connectivity index (χ0n) is 15.8. The molecule has 0 saturated carbocycles. The number of hydrogen-bond acceptors (Lipinski definition) is 4. The normalized spacial score (nSPS) is 15.5. The minimum Gasteiger partial charge on any atom is -0.497 e. The molecule has 136 valence electrons. The summed E-state index contributed by atoms with van der Waals surface area (Å²) >= 11 is 0. The van der Waals surface area contributed by atoms with Gasteiger partial charge in [-0.2, -0.15) is 0 Å². The Morgan fingerprint density at radius 2 is 1.77 bits per heavy atom. The van der Waals surface area contributed by atoms with E-state index in [0.29, 0.717) is 5.56 Å². The SMILES string of the molecule is COc1ccc2c(c1)CCC/C2=N/OC(=O)c1ccc(C(C)(C)C)cc1. The summed E-state index contributed by atoms with van der Waals surface area (Å²) in [7, 11) is 1.66. The number of oxime groups is 1. The first kappa shape index (κ1) is 18.2. The first-order chi connectivity index (χ1) is 12.4. The third-order valence-electron chi connectivity index (χ3n) is 4.71. The molecule has 1 aliphatic rings. The molecule has 0 bridgehead atoms. The van der Waals surface area contributed by atoms with Gasteiger partial charge in [-0.1, -0.05) is 38.1 Å². The van der Waals surface area contributed by atoms with E-state index < -0.39 is 5.97 Å². The third-order valence-corrected chi connectivity index (χ3v) is 4.71. The van der Waals surface area contributed by atoms with Crippen LogP contribution in [0.3, 0.4) is 0 Å². The van der Waals surface area contributed by atoms with E-state index in [1.54, 1.807) is 19.2 Å². The Labute approximate surface area is 154 Å². The minimum atomic E-state index is -0.432. The van der Waals surface area contributed by atoms with Crippen molar-refractivity contribution in [3.63, 3.8) is 0 Å². The number of aryl methyl sites for hydroxylation is 1. The summed E-state index contributed by atoms with van der Waals surface area (Å²) < 4.78 is 5.28. The molecule has 0 amide bonds. The summed E-state index contributed by atoms with van der Waals surface area (Å²) in [4.78, 5) is 17.5. The summed E-state index contributed by atoms with van der Waals surface area (Å²) in [6.45, 7) is 6.42. The van der Waals surface area contributed by atoms with Crippen molar-refractivity contribution >= 4 is 11.7 Å². The number of benzene rings is 2. The molecule has 4 heteroatoms. The molecule has 0 saturated heterocycles. The molecule has 0 aliphatic heterocycles. The quantitative estimate of drug-likeness (QED) is 0.584. The number of methoxy groups -OCH3 is 1. The van der Waals surface area contributed by atoms with Crippen molar-refractivity contribution in [1.82, 2.24) is 0 Å². The molecule has 0 heterocycles. The minimum absolute atomic E-state index is 0.0511. The Morgan fingerprint density at radius 1 is 1.04 bits per heavy atom. The number of hydrogen-bond donors (Lipinski definition) is 0. The van der Waals surface area contributed by atoms with Gasteiger partial charge in [-0.25, -0.2) is 4.79 Å². The predicted octanol–water partition coefficient (Wildman–Crippen LogP) is 4.89. The van der Waals surface area contributed by atoms with Crippen LogP contribution in [0.1, 0.15) is 60.7 Å². The monoisotopic (exact) mass is 351 g/mol. The molecule has 0 fully saturated rings. The van der Waals surface area contributed by atoms with Crippen LogP contribution in [0.15, 0.2) is 47.6 Å². The Kier molecular flexibility index (Phi) is 5.12. The maximum Gasteiger partial charge on any atom is 0.365 e. The van der Waals surface area contributed by atoms with Gasteiger partial charge < -0.3 is 9.57 Å². The second-order valence-corrected chi connectivity index (χ2v) is 7.62. The number of nitrogens with zero attached hydrogens (tertiary/aromatic N) is 1. The molecule has 0 atom stereocenters. The molecule has 26 heavy (non-hydrogen) atoms. The molecule has 0 spiro atoms. The van der Waals surface area contributed by atoms with E-state index in [9.17, 15) is 4.79 Å². The zero-order chi connectivity index (χ0) is 18.7. The standard InChI is InChI=1S/C22H25NO3/c1-22(2,3)17-10-8-15(9-11-17)21(24)26-23-20-7-5-6-16-14-18(25-4)12-13-19(16)20/h8-14H,5-7H2,1-4H3/b23-20-. The fourth-order valence-electron chi connectivity index (χ4n) is 3.12. The van der Waals surface area contributed by atoms with Gasteiger partial charge in [0.2, 0.25) is 0 Å². The lowest BCUT2D eigenvalue weighted by molar-refractivity contribution is 0.0515. The van der Waals surface area contributed by atoms with Crippen LogP contribution >= 0.6 is 0 Å². The molecule has 3 rings (SSSR count). The van der Waals surface area contributed by atoms with Gasteiger partial charge in [0.05, 0.1) is 18.4 Å². The van der Waals surface area contributed by atoms with Crippen molar-refractivity contribution in [2.24, 2.45) is 5.16 Å². The van der Waals surface area contributed by atoms with Crippen molar-refractivity contribution in [3.05, 3.63) is 64.7 Å². The fourth-order valence-corrected chi connectivity index (χ4v) is 3.12. The van der Waals surface area contributed by atoms with Gasteiger partial charge in [0.15, 0.2) is 0 Å². The van der Waals surface area contributed by atoms with Gasteiger partial charge in [0.1, 0.15) is 5.75 Å². The van der Waals surface area contributed by atoms with Gasteiger partial charge in [-0.15, -0.1) is 0 Å². The topological polar surface area (TPSA) is 47.9 Å².